The summed E-state index contributed by atoms with van der Waals surface area (Å²) in [6, 6.07) is 7.97. The van der Waals surface area contributed by atoms with Crippen molar-refractivity contribution in [2.24, 2.45) is 0 Å². The van der Waals surface area contributed by atoms with Gasteiger partial charge in [0, 0.05) is 24.8 Å². The van der Waals surface area contributed by atoms with Gasteiger partial charge in [0.2, 0.25) is 5.91 Å². The molecular weight excluding hydrogens is 326 g/mol. The molecule has 4 aliphatic heterocycles. The van der Waals surface area contributed by atoms with Crippen LogP contribution in [-0.2, 0) is 15.0 Å². The second-order valence-corrected chi connectivity index (χ2v) is 8.03. The zero-order chi connectivity index (χ0) is 18.1. The highest BCUT2D eigenvalue weighted by atomic mass is 16.2. The van der Waals surface area contributed by atoms with Crippen molar-refractivity contribution < 1.29 is 9.59 Å². The first kappa shape index (κ1) is 15.7. The number of nitrogens with zero attached hydrogens (tertiary/aromatic N) is 2. The Balaban J connectivity index is 1.71. The molecule has 5 heteroatoms. The van der Waals surface area contributed by atoms with Gasteiger partial charge in [-0.15, -0.1) is 0 Å². The second-order valence-electron chi connectivity index (χ2n) is 8.03. The fourth-order valence-corrected chi connectivity index (χ4v) is 5.12. The van der Waals surface area contributed by atoms with Gasteiger partial charge in [-0.3, -0.25) is 9.59 Å². The normalized spacial score (nSPS) is 31.5. The lowest BCUT2D eigenvalue weighted by molar-refractivity contribution is -0.133. The number of allylic oxidation sites excluding steroid dienone is 1. The van der Waals surface area contributed by atoms with Crippen molar-refractivity contribution in [3.05, 3.63) is 53.3 Å². The number of piperazine rings is 1. The van der Waals surface area contributed by atoms with Gasteiger partial charge < -0.3 is 15.1 Å². The minimum Gasteiger partial charge on any atom is -0.357 e. The summed E-state index contributed by atoms with van der Waals surface area (Å²) < 4.78 is 0. The van der Waals surface area contributed by atoms with Crippen LogP contribution in [0.2, 0.25) is 0 Å². The summed E-state index contributed by atoms with van der Waals surface area (Å²) in [5.41, 5.74) is 2.86. The molecule has 1 N–H and O–H groups in total. The van der Waals surface area contributed by atoms with Crippen LogP contribution in [-0.4, -0.2) is 46.8 Å². The molecule has 2 saturated heterocycles. The van der Waals surface area contributed by atoms with Crippen molar-refractivity contribution in [3.8, 4) is 0 Å². The summed E-state index contributed by atoms with van der Waals surface area (Å²) in [5, 5.41) is 3.04. The molecule has 5 rings (SSSR count). The third-order valence-electron chi connectivity index (χ3n) is 6.23. The quantitative estimate of drug-likeness (QED) is 0.792. The monoisotopic (exact) mass is 349 g/mol. The number of hydrogen-bond donors (Lipinski definition) is 1. The maximum absolute atomic E-state index is 13.2. The van der Waals surface area contributed by atoms with E-state index in [0.717, 1.165) is 42.8 Å². The van der Waals surface area contributed by atoms with Crippen molar-refractivity contribution in [2.45, 2.75) is 44.2 Å². The molecular formula is C21H23N3O2. The molecule has 1 spiro atoms. The van der Waals surface area contributed by atoms with Crippen LogP contribution in [0, 0.1) is 0 Å². The summed E-state index contributed by atoms with van der Waals surface area (Å²) in [4.78, 5) is 30.5. The number of amides is 2. The maximum Gasteiger partial charge on any atom is 0.270 e. The van der Waals surface area contributed by atoms with E-state index < -0.39 is 5.41 Å². The van der Waals surface area contributed by atoms with E-state index in [9.17, 15) is 9.59 Å². The number of rotatable bonds is 1. The summed E-state index contributed by atoms with van der Waals surface area (Å²) in [7, 11) is 0. The van der Waals surface area contributed by atoms with E-state index in [0.29, 0.717) is 5.70 Å². The molecule has 3 atom stereocenters. The minimum atomic E-state index is -0.821. The van der Waals surface area contributed by atoms with Crippen LogP contribution in [0.3, 0.4) is 0 Å². The fourth-order valence-electron chi connectivity index (χ4n) is 5.12. The number of carbonyl (C=O) groups excluding carboxylic acids is 2. The minimum absolute atomic E-state index is 0.0314. The topological polar surface area (TPSA) is 52.7 Å². The summed E-state index contributed by atoms with van der Waals surface area (Å²) in [6.45, 7) is 5.75. The highest BCUT2D eigenvalue weighted by Gasteiger charge is 2.59. The van der Waals surface area contributed by atoms with Gasteiger partial charge in [-0.05, 0) is 44.4 Å². The molecule has 0 radical (unpaired) electrons. The predicted molar refractivity (Wildman–Crippen MR) is 99.5 cm³/mol. The lowest BCUT2D eigenvalue weighted by atomic mass is 9.75. The smallest absolute Gasteiger partial charge is 0.270 e. The maximum atomic E-state index is 13.2. The Labute approximate surface area is 153 Å². The zero-order valence-electron chi connectivity index (χ0n) is 15.2. The molecule has 0 saturated carbocycles. The van der Waals surface area contributed by atoms with Gasteiger partial charge in [-0.2, -0.15) is 0 Å². The third-order valence-corrected chi connectivity index (χ3v) is 6.23. The Morgan fingerprint density at radius 3 is 2.85 bits per heavy atom. The van der Waals surface area contributed by atoms with Gasteiger partial charge in [0.05, 0.1) is 6.04 Å². The average Bonchev–Trinajstić information content (AvgIpc) is 3.27. The number of anilines is 1. The number of hydrogen-bond acceptors (Lipinski definition) is 3. The number of para-hydroxylation sites is 1. The molecule has 0 unspecified atom stereocenters. The summed E-state index contributed by atoms with van der Waals surface area (Å²) >= 11 is 0. The van der Waals surface area contributed by atoms with E-state index in [1.165, 1.54) is 0 Å². The summed E-state index contributed by atoms with van der Waals surface area (Å²) in [6.07, 6.45) is 6.21. The molecule has 0 aliphatic carbocycles. The number of fused-ring (bicyclic) bond motifs is 4. The largest absolute Gasteiger partial charge is 0.357 e. The van der Waals surface area contributed by atoms with Crippen molar-refractivity contribution in [1.82, 2.24) is 9.80 Å². The van der Waals surface area contributed by atoms with Crippen molar-refractivity contribution in [2.75, 3.05) is 18.4 Å². The van der Waals surface area contributed by atoms with Gasteiger partial charge >= 0.3 is 0 Å². The van der Waals surface area contributed by atoms with E-state index >= 15 is 0 Å². The van der Waals surface area contributed by atoms with Crippen LogP contribution < -0.4 is 5.32 Å². The van der Waals surface area contributed by atoms with Crippen LogP contribution in [0.15, 0.2) is 47.7 Å². The van der Waals surface area contributed by atoms with Crippen molar-refractivity contribution >= 4 is 17.5 Å². The van der Waals surface area contributed by atoms with Crippen LogP contribution in [0.1, 0.15) is 32.3 Å². The molecule has 0 bridgehead atoms. The first-order valence-corrected chi connectivity index (χ1v) is 9.39. The molecule has 2 amide bonds. The Kier molecular flexibility index (Phi) is 3.15. The Morgan fingerprint density at radius 2 is 2.04 bits per heavy atom. The van der Waals surface area contributed by atoms with Crippen LogP contribution >= 0.6 is 0 Å². The lowest BCUT2D eigenvalue weighted by Crippen LogP contribution is -2.55. The van der Waals surface area contributed by atoms with Gasteiger partial charge in [0.15, 0.2) is 0 Å². The molecule has 1 aromatic carbocycles. The van der Waals surface area contributed by atoms with Gasteiger partial charge in [-0.1, -0.05) is 29.8 Å². The molecule has 5 nitrogen and oxygen atoms in total. The van der Waals surface area contributed by atoms with Gasteiger partial charge in [0.1, 0.15) is 11.1 Å². The molecule has 4 heterocycles. The van der Waals surface area contributed by atoms with E-state index in [-0.39, 0.29) is 23.9 Å². The average molecular weight is 349 g/mol. The van der Waals surface area contributed by atoms with Gasteiger partial charge in [0.25, 0.3) is 5.91 Å². The number of nitrogens with one attached hydrogen (secondary N) is 1. The van der Waals surface area contributed by atoms with Crippen molar-refractivity contribution in [1.29, 1.82) is 0 Å². The van der Waals surface area contributed by atoms with Crippen LogP contribution in [0.4, 0.5) is 5.69 Å². The Morgan fingerprint density at radius 1 is 1.23 bits per heavy atom. The molecule has 2 fully saturated rings. The highest BCUT2D eigenvalue weighted by Crippen LogP contribution is 2.50. The molecule has 26 heavy (non-hydrogen) atoms. The second kappa shape index (κ2) is 5.22. The number of benzene rings is 1. The molecule has 1 aromatic rings. The van der Waals surface area contributed by atoms with Crippen LogP contribution in [0.25, 0.3) is 0 Å². The highest BCUT2D eigenvalue weighted by molar-refractivity contribution is 6.11. The Hall–Kier alpha value is -2.56. The molecule has 134 valence electrons. The van der Waals surface area contributed by atoms with Gasteiger partial charge in [-0.25, -0.2) is 0 Å². The summed E-state index contributed by atoms with van der Waals surface area (Å²) in [5.74, 6) is 0.0519. The first-order chi connectivity index (χ1) is 12.5. The van der Waals surface area contributed by atoms with Crippen molar-refractivity contribution in [3.63, 3.8) is 0 Å². The fraction of sp³-hybridized carbons (Fsp3) is 0.429. The van der Waals surface area contributed by atoms with E-state index in [2.05, 4.69) is 30.1 Å². The van der Waals surface area contributed by atoms with E-state index in [1.807, 2.05) is 35.2 Å². The predicted octanol–water partition coefficient (Wildman–Crippen LogP) is 2.42. The SMILES string of the molecule is CC(C)=C[C@@H]1N2C[C@@H]3CCCN3C(=O)C2=C[C@@]12C(=O)Nc1ccccc12. The third kappa shape index (κ3) is 1.86. The van der Waals surface area contributed by atoms with E-state index in [1.54, 1.807) is 0 Å². The molecule has 0 aromatic heterocycles. The standard InChI is InChI=1S/C21H23N3O2/c1-13(2)10-18-21(15-7-3-4-8-16(15)22-20(21)26)11-17-19(25)23-9-5-6-14(23)12-24(17)18/h3-4,7-8,10-11,14,18H,5-6,9,12H2,1-2H3,(H,22,26)/t14-,18-,21-/m0/s1. The van der Waals surface area contributed by atoms with Crippen LogP contribution in [0.5, 0.6) is 0 Å². The molecule has 4 aliphatic rings. The number of carbonyl (C=O) groups is 2. The zero-order valence-corrected chi connectivity index (χ0v) is 15.2. The lowest BCUT2D eigenvalue weighted by Gasteiger charge is -2.42. The van der Waals surface area contributed by atoms with E-state index in [4.69, 9.17) is 0 Å². The first-order valence-electron chi connectivity index (χ1n) is 9.39. The Bertz CT molecular complexity index is 883.